The van der Waals surface area contributed by atoms with Crippen LogP contribution in [0.5, 0.6) is 23.0 Å². The Labute approximate surface area is 165 Å². The lowest BCUT2D eigenvalue weighted by molar-refractivity contribution is 0.0946. The van der Waals surface area contributed by atoms with Gasteiger partial charge in [-0.1, -0.05) is 6.07 Å². The number of nitrogens with one attached hydrogen (secondary N) is 1. The standard InChI is InChI=1S/C20H18N2O5S/c1-24-14-3-5-15(6-4-14)25-10-19-22-16(11-28-19)20(23)21-9-13-2-7-17-18(8-13)27-12-26-17/h2-8,11H,9-10,12H2,1H3,(H,21,23). The minimum atomic E-state index is -0.232. The number of carbonyl (C=O) groups excluding carboxylic acids is 1. The quantitative estimate of drug-likeness (QED) is 0.657. The molecule has 0 unspecified atom stereocenters. The van der Waals surface area contributed by atoms with Crippen molar-refractivity contribution in [3.8, 4) is 23.0 Å². The van der Waals surface area contributed by atoms with Gasteiger partial charge in [0.1, 0.15) is 28.8 Å². The molecule has 4 rings (SSSR count). The molecule has 1 amide bonds. The van der Waals surface area contributed by atoms with Crippen molar-refractivity contribution in [1.29, 1.82) is 0 Å². The summed E-state index contributed by atoms with van der Waals surface area (Å²) in [5.41, 5.74) is 1.30. The summed E-state index contributed by atoms with van der Waals surface area (Å²) in [5, 5.41) is 5.31. The second-order valence-corrected chi connectivity index (χ2v) is 6.90. The van der Waals surface area contributed by atoms with Crippen LogP contribution in [0, 0.1) is 0 Å². The van der Waals surface area contributed by atoms with Crippen LogP contribution >= 0.6 is 11.3 Å². The predicted octanol–water partition coefficient (Wildman–Crippen LogP) is 3.39. The molecule has 7 nitrogen and oxygen atoms in total. The van der Waals surface area contributed by atoms with Crippen molar-refractivity contribution in [2.75, 3.05) is 13.9 Å². The minimum Gasteiger partial charge on any atom is -0.497 e. The molecule has 144 valence electrons. The Balaban J connectivity index is 1.30. The van der Waals surface area contributed by atoms with Gasteiger partial charge in [0.2, 0.25) is 6.79 Å². The van der Waals surface area contributed by atoms with E-state index in [1.54, 1.807) is 12.5 Å². The van der Waals surface area contributed by atoms with Gasteiger partial charge < -0.3 is 24.3 Å². The van der Waals surface area contributed by atoms with Gasteiger partial charge in [0, 0.05) is 11.9 Å². The number of thiazole rings is 1. The summed E-state index contributed by atoms with van der Waals surface area (Å²) in [6.07, 6.45) is 0. The summed E-state index contributed by atoms with van der Waals surface area (Å²) in [7, 11) is 1.62. The molecule has 28 heavy (non-hydrogen) atoms. The maximum Gasteiger partial charge on any atom is 0.271 e. The largest absolute Gasteiger partial charge is 0.497 e. The average molecular weight is 398 g/mol. The molecule has 1 N–H and O–H groups in total. The van der Waals surface area contributed by atoms with Gasteiger partial charge in [0.05, 0.1) is 7.11 Å². The summed E-state index contributed by atoms with van der Waals surface area (Å²) in [6.45, 7) is 0.905. The minimum absolute atomic E-state index is 0.228. The van der Waals surface area contributed by atoms with Crippen LogP contribution < -0.4 is 24.3 Å². The zero-order valence-electron chi connectivity index (χ0n) is 15.1. The fourth-order valence-corrected chi connectivity index (χ4v) is 3.31. The normalized spacial score (nSPS) is 11.9. The highest BCUT2D eigenvalue weighted by Gasteiger charge is 2.15. The van der Waals surface area contributed by atoms with E-state index in [2.05, 4.69) is 10.3 Å². The van der Waals surface area contributed by atoms with E-state index in [0.717, 1.165) is 22.1 Å². The first kappa shape index (κ1) is 18.1. The molecule has 0 atom stereocenters. The van der Waals surface area contributed by atoms with Crippen LogP contribution in [0.2, 0.25) is 0 Å². The van der Waals surface area contributed by atoms with E-state index in [-0.39, 0.29) is 12.7 Å². The third-order valence-corrected chi connectivity index (χ3v) is 4.92. The lowest BCUT2D eigenvalue weighted by Crippen LogP contribution is -2.23. The molecule has 0 spiro atoms. The average Bonchev–Trinajstić information content (AvgIpc) is 3.40. The van der Waals surface area contributed by atoms with Crippen molar-refractivity contribution in [3.63, 3.8) is 0 Å². The summed E-state index contributed by atoms with van der Waals surface area (Å²) in [6, 6.07) is 12.9. The first-order valence-corrected chi connectivity index (χ1v) is 9.47. The summed E-state index contributed by atoms with van der Waals surface area (Å²) < 4.78 is 21.4. The van der Waals surface area contributed by atoms with Crippen molar-refractivity contribution in [2.45, 2.75) is 13.2 Å². The first-order chi connectivity index (χ1) is 13.7. The van der Waals surface area contributed by atoms with Crippen molar-refractivity contribution >= 4 is 17.2 Å². The SMILES string of the molecule is COc1ccc(OCc2nc(C(=O)NCc3ccc4c(c3)OCO4)cs2)cc1. The lowest BCUT2D eigenvalue weighted by Gasteiger charge is -2.05. The van der Waals surface area contributed by atoms with Gasteiger partial charge in [-0.2, -0.15) is 0 Å². The van der Waals surface area contributed by atoms with Crippen LogP contribution in [0.4, 0.5) is 0 Å². The Morgan fingerprint density at radius 2 is 1.93 bits per heavy atom. The number of methoxy groups -OCH3 is 1. The van der Waals surface area contributed by atoms with E-state index in [1.807, 2.05) is 42.5 Å². The lowest BCUT2D eigenvalue weighted by atomic mass is 10.2. The van der Waals surface area contributed by atoms with Crippen LogP contribution in [0.1, 0.15) is 21.1 Å². The second kappa shape index (κ2) is 8.18. The molecule has 1 aliphatic rings. The summed E-state index contributed by atoms with van der Waals surface area (Å²) >= 11 is 1.38. The molecule has 2 aromatic carbocycles. The number of ether oxygens (including phenoxy) is 4. The van der Waals surface area contributed by atoms with Crippen LogP contribution in [0.15, 0.2) is 47.8 Å². The van der Waals surface area contributed by atoms with Crippen molar-refractivity contribution in [3.05, 3.63) is 64.1 Å². The number of hydrogen-bond donors (Lipinski definition) is 1. The fraction of sp³-hybridized carbons (Fsp3) is 0.200. The van der Waals surface area contributed by atoms with E-state index < -0.39 is 0 Å². The third kappa shape index (κ3) is 4.17. The van der Waals surface area contributed by atoms with Crippen LogP contribution in [0.25, 0.3) is 0 Å². The zero-order valence-corrected chi connectivity index (χ0v) is 16.0. The molecule has 1 aromatic heterocycles. The van der Waals surface area contributed by atoms with Crippen LogP contribution in [-0.2, 0) is 13.2 Å². The Bertz CT molecular complexity index is 971. The smallest absolute Gasteiger partial charge is 0.271 e. The van der Waals surface area contributed by atoms with Gasteiger partial charge in [0.15, 0.2) is 11.5 Å². The van der Waals surface area contributed by atoms with Gasteiger partial charge in [0.25, 0.3) is 5.91 Å². The Kier molecular flexibility index (Phi) is 5.29. The van der Waals surface area contributed by atoms with Gasteiger partial charge in [-0.25, -0.2) is 4.98 Å². The number of nitrogens with zero attached hydrogens (tertiary/aromatic N) is 1. The van der Waals surface area contributed by atoms with Gasteiger partial charge in [-0.05, 0) is 42.0 Å². The molecular formula is C20H18N2O5S. The van der Waals surface area contributed by atoms with Crippen LogP contribution in [-0.4, -0.2) is 24.8 Å². The van der Waals surface area contributed by atoms with Gasteiger partial charge in [-0.3, -0.25) is 4.79 Å². The molecule has 0 radical (unpaired) electrons. The summed E-state index contributed by atoms with van der Waals surface area (Å²) in [4.78, 5) is 16.7. The highest BCUT2D eigenvalue weighted by Crippen LogP contribution is 2.32. The topological polar surface area (TPSA) is 78.9 Å². The molecule has 2 heterocycles. The van der Waals surface area contributed by atoms with E-state index in [1.165, 1.54) is 11.3 Å². The molecule has 0 bridgehead atoms. The molecule has 1 aliphatic heterocycles. The molecule has 0 fully saturated rings. The number of aromatic nitrogens is 1. The third-order valence-electron chi connectivity index (χ3n) is 4.10. The highest BCUT2D eigenvalue weighted by molar-refractivity contribution is 7.09. The number of hydrogen-bond acceptors (Lipinski definition) is 7. The van der Waals surface area contributed by atoms with Crippen molar-refractivity contribution < 1.29 is 23.7 Å². The zero-order chi connectivity index (χ0) is 19.3. The number of rotatable bonds is 7. The molecule has 0 saturated heterocycles. The number of benzene rings is 2. The summed E-state index contributed by atoms with van der Waals surface area (Å²) in [5.74, 6) is 2.66. The molecule has 0 saturated carbocycles. The second-order valence-electron chi connectivity index (χ2n) is 5.96. The fourth-order valence-electron chi connectivity index (χ4n) is 2.62. The van der Waals surface area contributed by atoms with Gasteiger partial charge >= 0.3 is 0 Å². The number of amides is 1. The van der Waals surface area contributed by atoms with Crippen molar-refractivity contribution in [2.24, 2.45) is 0 Å². The van der Waals surface area contributed by atoms with Crippen molar-refractivity contribution in [1.82, 2.24) is 10.3 Å². The Morgan fingerprint density at radius 3 is 2.75 bits per heavy atom. The van der Waals surface area contributed by atoms with Crippen LogP contribution in [0.3, 0.4) is 0 Å². The Hall–Kier alpha value is -3.26. The molecule has 8 heteroatoms. The number of carbonyl (C=O) groups is 1. The molecule has 3 aromatic rings. The van der Waals surface area contributed by atoms with E-state index in [9.17, 15) is 4.79 Å². The molecule has 0 aliphatic carbocycles. The maximum absolute atomic E-state index is 12.3. The predicted molar refractivity (Wildman–Crippen MR) is 103 cm³/mol. The first-order valence-electron chi connectivity index (χ1n) is 8.59. The maximum atomic E-state index is 12.3. The van der Waals surface area contributed by atoms with E-state index in [0.29, 0.717) is 30.3 Å². The molecular weight excluding hydrogens is 380 g/mol. The Morgan fingerprint density at radius 1 is 1.14 bits per heavy atom. The van der Waals surface area contributed by atoms with E-state index in [4.69, 9.17) is 18.9 Å². The monoisotopic (exact) mass is 398 g/mol. The number of fused-ring (bicyclic) bond motifs is 1. The van der Waals surface area contributed by atoms with Gasteiger partial charge in [-0.15, -0.1) is 11.3 Å². The van der Waals surface area contributed by atoms with E-state index >= 15 is 0 Å². The highest BCUT2D eigenvalue weighted by atomic mass is 32.1.